The molecule has 0 radical (unpaired) electrons. The van der Waals surface area contributed by atoms with Gasteiger partial charge in [0, 0.05) is 19.3 Å². The molecule has 0 aliphatic carbocycles. The molecular weight excluding hydrogens is 745 g/mol. The van der Waals surface area contributed by atoms with Crippen LogP contribution in [0.1, 0.15) is 220 Å². The number of unbranched alkanes of at least 4 members (excludes halogenated alkanes) is 18. The number of allylic oxidation sites excluding steroid dienone is 14. The molecule has 60 heavy (non-hydrogen) atoms. The summed E-state index contributed by atoms with van der Waals surface area (Å²) < 4.78 is 16.7. The minimum atomic E-state index is -0.805. The molecule has 0 aromatic rings. The molecule has 6 nitrogen and oxygen atoms in total. The average molecular weight is 835 g/mol. The molecule has 0 fully saturated rings. The van der Waals surface area contributed by atoms with E-state index in [-0.39, 0.29) is 37.5 Å². The van der Waals surface area contributed by atoms with Gasteiger partial charge in [-0.3, -0.25) is 14.4 Å². The number of rotatable bonds is 43. The Morgan fingerprint density at radius 2 is 0.683 bits per heavy atom. The van der Waals surface area contributed by atoms with Crippen LogP contribution in [0.25, 0.3) is 0 Å². The Hall–Kier alpha value is -3.41. The molecule has 0 saturated carbocycles. The molecule has 0 saturated heterocycles. The number of esters is 3. The van der Waals surface area contributed by atoms with Crippen molar-refractivity contribution < 1.29 is 28.6 Å². The molecule has 6 heteroatoms. The lowest BCUT2D eigenvalue weighted by atomic mass is 10.1. The van der Waals surface area contributed by atoms with Crippen molar-refractivity contribution in [3.63, 3.8) is 0 Å². The number of ether oxygens (including phenoxy) is 3. The second-order valence-electron chi connectivity index (χ2n) is 16.0. The van der Waals surface area contributed by atoms with E-state index < -0.39 is 6.10 Å². The van der Waals surface area contributed by atoms with Crippen molar-refractivity contribution in [1.82, 2.24) is 0 Å². The second-order valence-corrected chi connectivity index (χ2v) is 16.0. The van der Waals surface area contributed by atoms with Crippen LogP contribution in [0.3, 0.4) is 0 Å². The molecule has 0 heterocycles. The molecule has 0 aromatic heterocycles. The van der Waals surface area contributed by atoms with E-state index in [4.69, 9.17) is 14.2 Å². The van der Waals surface area contributed by atoms with E-state index in [0.717, 1.165) is 103 Å². The summed E-state index contributed by atoms with van der Waals surface area (Å²) in [5.41, 5.74) is 0. The van der Waals surface area contributed by atoms with E-state index in [2.05, 4.69) is 106 Å². The topological polar surface area (TPSA) is 78.9 Å². The minimum Gasteiger partial charge on any atom is -0.462 e. The van der Waals surface area contributed by atoms with Gasteiger partial charge in [0.05, 0.1) is 0 Å². The summed E-state index contributed by atoms with van der Waals surface area (Å²) in [6.07, 6.45) is 61.4. The molecule has 0 spiro atoms. The van der Waals surface area contributed by atoms with Crippen LogP contribution in [-0.4, -0.2) is 37.2 Å². The minimum absolute atomic E-state index is 0.103. The molecule has 0 N–H and O–H groups in total. The van der Waals surface area contributed by atoms with Gasteiger partial charge in [0.2, 0.25) is 0 Å². The zero-order valence-corrected chi connectivity index (χ0v) is 38.9. The predicted molar refractivity (Wildman–Crippen MR) is 256 cm³/mol. The molecule has 1 atom stereocenters. The third-order valence-corrected chi connectivity index (χ3v) is 10.1. The Kier molecular flexibility index (Phi) is 45.5. The number of carbonyl (C=O) groups is 3. The van der Waals surface area contributed by atoms with Crippen LogP contribution in [0.2, 0.25) is 0 Å². The zero-order valence-electron chi connectivity index (χ0n) is 38.9. The Labute approximate surface area is 369 Å². The fourth-order valence-corrected chi connectivity index (χ4v) is 6.39. The molecule has 0 unspecified atom stereocenters. The summed E-state index contributed by atoms with van der Waals surface area (Å²) in [4.78, 5) is 37.8. The van der Waals surface area contributed by atoms with Crippen molar-refractivity contribution in [2.75, 3.05) is 13.2 Å². The summed E-state index contributed by atoms with van der Waals surface area (Å²) in [7, 11) is 0. The van der Waals surface area contributed by atoms with Crippen LogP contribution < -0.4 is 0 Å². The highest BCUT2D eigenvalue weighted by Gasteiger charge is 2.19. The van der Waals surface area contributed by atoms with E-state index in [0.29, 0.717) is 19.3 Å². The molecular formula is C54H90O6. The van der Waals surface area contributed by atoms with Crippen LogP contribution in [-0.2, 0) is 28.6 Å². The predicted octanol–water partition coefficient (Wildman–Crippen LogP) is 16.0. The van der Waals surface area contributed by atoms with Gasteiger partial charge >= 0.3 is 17.9 Å². The fourth-order valence-electron chi connectivity index (χ4n) is 6.39. The lowest BCUT2D eigenvalue weighted by molar-refractivity contribution is -0.167. The third-order valence-electron chi connectivity index (χ3n) is 10.1. The molecule has 342 valence electrons. The lowest BCUT2D eigenvalue weighted by Gasteiger charge is -2.18. The van der Waals surface area contributed by atoms with Gasteiger partial charge in [0.1, 0.15) is 13.2 Å². The largest absolute Gasteiger partial charge is 0.462 e. The second kappa shape index (κ2) is 48.3. The fraction of sp³-hybridized carbons (Fsp3) is 0.685. The van der Waals surface area contributed by atoms with Crippen molar-refractivity contribution >= 4 is 17.9 Å². The lowest BCUT2D eigenvalue weighted by Crippen LogP contribution is -2.30. The van der Waals surface area contributed by atoms with Crippen LogP contribution in [0.5, 0.6) is 0 Å². The van der Waals surface area contributed by atoms with Crippen LogP contribution in [0, 0.1) is 0 Å². The van der Waals surface area contributed by atoms with Crippen LogP contribution in [0.15, 0.2) is 85.1 Å². The summed E-state index contributed by atoms with van der Waals surface area (Å²) >= 11 is 0. The maximum absolute atomic E-state index is 12.8. The maximum atomic E-state index is 12.8. The zero-order chi connectivity index (χ0) is 43.7. The highest BCUT2D eigenvalue weighted by atomic mass is 16.6. The van der Waals surface area contributed by atoms with Crippen molar-refractivity contribution in [2.24, 2.45) is 0 Å². The van der Waals surface area contributed by atoms with E-state index >= 15 is 0 Å². The monoisotopic (exact) mass is 835 g/mol. The first-order valence-corrected chi connectivity index (χ1v) is 24.6. The van der Waals surface area contributed by atoms with Gasteiger partial charge in [-0.05, 0) is 103 Å². The van der Waals surface area contributed by atoms with E-state index in [1.54, 1.807) is 0 Å². The number of hydrogen-bond donors (Lipinski definition) is 0. The first-order chi connectivity index (χ1) is 29.5. The summed E-state index contributed by atoms with van der Waals surface area (Å²) in [6, 6.07) is 0. The van der Waals surface area contributed by atoms with Gasteiger partial charge in [0.25, 0.3) is 0 Å². The molecule has 0 aliphatic heterocycles. The highest BCUT2D eigenvalue weighted by molar-refractivity contribution is 5.71. The summed E-state index contributed by atoms with van der Waals surface area (Å²) in [6.45, 7) is 6.40. The first-order valence-electron chi connectivity index (χ1n) is 24.6. The van der Waals surface area contributed by atoms with Crippen molar-refractivity contribution in [3.05, 3.63) is 85.1 Å². The van der Waals surface area contributed by atoms with E-state index in [1.807, 2.05) is 0 Å². The molecule has 0 aromatic carbocycles. The van der Waals surface area contributed by atoms with Crippen LogP contribution >= 0.6 is 0 Å². The normalized spacial score (nSPS) is 12.8. The maximum Gasteiger partial charge on any atom is 0.306 e. The van der Waals surface area contributed by atoms with Gasteiger partial charge in [-0.2, -0.15) is 0 Å². The third kappa shape index (κ3) is 45.7. The summed E-state index contributed by atoms with van der Waals surface area (Å²) in [5, 5.41) is 0. The number of hydrogen-bond acceptors (Lipinski definition) is 6. The molecule has 0 amide bonds. The number of carbonyl (C=O) groups excluding carboxylic acids is 3. The average Bonchev–Trinajstić information content (AvgIpc) is 3.24. The first kappa shape index (κ1) is 56.6. The SMILES string of the molecule is CC/C=C\C/C=C\C/C=C\C/C=C\C/C=C\CCCC(=O)OC[C@@H](COC(=O)CCCCCCC/C=C\CCCC)OC(=O)CCCCCCC/C=C\CCCCCCC. The quantitative estimate of drug-likeness (QED) is 0.0263. The van der Waals surface area contributed by atoms with Gasteiger partial charge in [-0.15, -0.1) is 0 Å². The molecule has 0 rings (SSSR count). The molecule has 0 bridgehead atoms. The van der Waals surface area contributed by atoms with Gasteiger partial charge in [-0.25, -0.2) is 0 Å². The Bertz CT molecular complexity index is 1190. The van der Waals surface area contributed by atoms with Gasteiger partial charge in [0.15, 0.2) is 6.10 Å². The van der Waals surface area contributed by atoms with Crippen molar-refractivity contribution in [3.8, 4) is 0 Å². The molecule has 0 aliphatic rings. The Morgan fingerprint density at radius 1 is 0.350 bits per heavy atom. The summed E-state index contributed by atoms with van der Waals surface area (Å²) in [5.74, 6) is -0.985. The Balaban J connectivity index is 4.50. The van der Waals surface area contributed by atoms with Gasteiger partial charge < -0.3 is 14.2 Å². The highest BCUT2D eigenvalue weighted by Crippen LogP contribution is 2.13. The Morgan fingerprint density at radius 3 is 1.15 bits per heavy atom. The van der Waals surface area contributed by atoms with Gasteiger partial charge in [-0.1, -0.05) is 183 Å². The van der Waals surface area contributed by atoms with E-state index in [9.17, 15) is 14.4 Å². The van der Waals surface area contributed by atoms with Crippen LogP contribution in [0.4, 0.5) is 0 Å². The van der Waals surface area contributed by atoms with Crippen molar-refractivity contribution in [2.45, 2.75) is 226 Å². The van der Waals surface area contributed by atoms with Crippen molar-refractivity contribution in [1.29, 1.82) is 0 Å². The standard InChI is InChI=1S/C54H90O6/c1-4-7-10-13-16-19-22-24-26-27-28-30-32-35-38-41-44-47-53(56)59-50-51(49-58-52(55)46-43-40-37-34-31-21-18-15-12-9-6-3)60-54(57)48-45-42-39-36-33-29-25-23-20-17-14-11-8-5-2/h7,10,15-16,18-19,23-26,28,30,35,38,51H,4-6,8-9,11-14,17,20-22,27,29,31-34,36-37,39-50H2,1-3H3/b10-7-,18-15-,19-16-,25-23-,26-24-,30-28-,38-35-/t51-/m1/s1. The van der Waals surface area contributed by atoms with E-state index in [1.165, 1.54) is 70.6 Å². The smallest absolute Gasteiger partial charge is 0.306 e.